The molecule has 1 heterocycles. The van der Waals surface area contributed by atoms with Crippen LogP contribution >= 0.6 is 11.8 Å². The van der Waals surface area contributed by atoms with Crippen LogP contribution in [0.1, 0.15) is 23.7 Å². The normalized spacial score (nSPS) is 22.4. The lowest BCUT2D eigenvalue weighted by atomic mass is 10.2. The van der Waals surface area contributed by atoms with Crippen molar-refractivity contribution in [1.29, 1.82) is 0 Å². The molecule has 0 spiro atoms. The SMILES string of the molecule is CC1OCCC1SCCOc1cccc(C(=O)O)c1. The van der Waals surface area contributed by atoms with Gasteiger partial charge in [-0.05, 0) is 31.5 Å². The van der Waals surface area contributed by atoms with Gasteiger partial charge in [0.25, 0.3) is 0 Å². The minimum Gasteiger partial charge on any atom is -0.493 e. The molecule has 2 unspecified atom stereocenters. The number of carboxylic acid groups (broad SMARTS) is 1. The van der Waals surface area contributed by atoms with Crippen LogP contribution in [0.25, 0.3) is 0 Å². The summed E-state index contributed by atoms with van der Waals surface area (Å²) in [5.41, 5.74) is 0.253. The van der Waals surface area contributed by atoms with Gasteiger partial charge in [0.05, 0.1) is 18.3 Å². The molecule has 0 aromatic heterocycles. The zero-order valence-corrected chi connectivity index (χ0v) is 11.7. The average Bonchev–Trinajstić information content (AvgIpc) is 2.81. The molecular weight excluding hydrogens is 264 g/mol. The molecule has 1 aromatic carbocycles. The number of hydrogen-bond donors (Lipinski definition) is 1. The Hall–Kier alpha value is -1.20. The Kier molecular flexibility index (Phi) is 5.10. The van der Waals surface area contributed by atoms with Crippen LogP contribution in [-0.2, 0) is 4.74 Å². The van der Waals surface area contributed by atoms with Gasteiger partial charge in [-0.25, -0.2) is 4.79 Å². The summed E-state index contributed by atoms with van der Waals surface area (Å²) in [6.07, 6.45) is 1.42. The molecule has 1 N–H and O–H groups in total. The topological polar surface area (TPSA) is 55.8 Å². The van der Waals surface area contributed by atoms with E-state index in [0.29, 0.717) is 23.7 Å². The summed E-state index contributed by atoms with van der Waals surface area (Å²) in [6, 6.07) is 6.58. The van der Waals surface area contributed by atoms with E-state index in [1.54, 1.807) is 24.3 Å². The van der Waals surface area contributed by atoms with E-state index in [4.69, 9.17) is 14.6 Å². The lowest BCUT2D eigenvalue weighted by Gasteiger charge is -2.13. The second-order valence-electron chi connectivity index (χ2n) is 4.46. The van der Waals surface area contributed by atoms with E-state index in [1.165, 1.54) is 0 Å². The molecular formula is C14H18O4S. The smallest absolute Gasteiger partial charge is 0.335 e. The van der Waals surface area contributed by atoms with Crippen LogP contribution in [0.5, 0.6) is 5.75 Å². The molecule has 19 heavy (non-hydrogen) atoms. The van der Waals surface area contributed by atoms with E-state index >= 15 is 0 Å². The second-order valence-corrected chi connectivity index (χ2v) is 5.80. The van der Waals surface area contributed by atoms with Gasteiger partial charge in [-0.15, -0.1) is 0 Å². The number of aromatic carboxylic acids is 1. The molecule has 1 aromatic rings. The molecule has 1 fully saturated rings. The highest BCUT2D eigenvalue weighted by Gasteiger charge is 2.24. The van der Waals surface area contributed by atoms with Crippen LogP contribution in [0.4, 0.5) is 0 Å². The maximum Gasteiger partial charge on any atom is 0.335 e. The van der Waals surface area contributed by atoms with Crippen LogP contribution in [0.3, 0.4) is 0 Å². The molecule has 2 rings (SSSR count). The minimum absolute atomic E-state index is 0.253. The summed E-state index contributed by atoms with van der Waals surface area (Å²) < 4.78 is 11.1. The first-order valence-electron chi connectivity index (χ1n) is 6.36. The highest BCUT2D eigenvalue weighted by Crippen LogP contribution is 2.26. The van der Waals surface area contributed by atoms with Gasteiger partial charge in [-0.3, -0.25) is 0 Å². The summed E-state index contributed by atoms with van der Waals surface area (Å²) in [4.78, 5) is 10.8. The van der Waals surface area contributed by atoms with Gasteiger partial charge in [0.1, 0.15) is 5.75 Å². The number of thioether (sulfide) groups is 1. The van der Waals surface area contributed by atoms with Crippen LogP contribution < -0.4 is 4.74 Å². The van der Waals surface area contributed by atoms with Gasteiger partial charge < -0.3 is 14.6 Å². The molecule has 2 atom stereocenters. The van der Waals surface area contributed by atoms with Crippen molar-refractivity contribution in [2.45, 2.75) is 24.7 Å². The molecule has 4 nitrogen and oxygen atoms in total. The lowest BCUT2D eigenvalue weighted by molar-refractivity contribution is 0.0696. The zero-order valence-electron chi connectivity index (χ0n) is 10.9. The molecule has 104 valence electrons. The third-order valence-electron chi connectivity index (χ3n) is 3.07. The summed E-state index contributed by atoms with van der Waals surface area (Å²) in [7, 11) is 0. The van der Waals surface area contributed by atoms with Crippen molar-refractivity contribution in [2.24, 2.45) is 0 Å². The number of hydrogen-bond acceptors (Lipinski definition) is 4. The molecule has 0 saturated carbocycles. The fourth-order valence-corrected chi connectivity index (χ4v) is 3.10. The van der Waals surface area contributed by atoms with Crippen molar-refractivity contribution in [2.75, 3.05) is 19.0 Å². The highest BCUT2D eigenvalue weighted by atomic mass is 32.2. The maximum absolute atomic E-state index is 10.8. The van der Waals surface area contributed by atoms with Crippen molar-refractivity contribution in [3.63, 3.8) is 0 Å². The average molecular weight is 282 g/mol. The Morgan fingerprint density at radius 1 is 1.58 bits per heavy atom. The summed E-state index contributed by atoms with van der Waals surface area (Å²) in [6.45, 7) is 3.53. The number of ether oxygens (including phenoxy) is 2. The second kappa shape index (κ2) is 6.82. The van der Waals surface area contributed by atoms with Gasteiger partial charge in [0.2, 0.25) is 0 Å². The molecule has 0 amide bonds. The third-order valence-corrected chi connectivity index (χ3v) is 4.52. The van der Waals surface area contributed by atoms with Gasteiger partial charge >= 0.3 is 5.97 Å². The monoisotopic (exact) mass is 282 g/mol. The maximum atomic E-state index is 10.8. The van der Waals surface area contributed by atoms with Crippen LogP contribution in [0, 0.1) is 0 Å². The van der Waals surface area contributed by atoms with Crippen LogP contribution in [0.2, 0.25) is 0 Å². The van der Waals surface area contributed by atoms with E-state index < -0.39 is 5.97 Å². The Bertz CT molecular complexity index is 435. The first-order chi connectivity index (χ1) is 9.16. The Morgan fingerprint density at radius 2 is 2.42 bits per heavy atom. The molecule has 5 heteroatoms. The molecule has 0 radical (unpaired) electrons. The van der Waals surface area contributed by atoms with Crippen molar-refractivity contribution < 1.29 is 19.4 Å². The predicted octanol–water partition coefficient (Wildman–Crippen LogP) is 2.67. The number of rotatable bonds is 6. The quantitative estimate of drug-likeness (QED) is 0.813. The lowest BCUT2D eigenvalue weighted by Crippen LogP contribution is -2.15. The first-order valence-corrected chi connectivity index (χ1v) is 7.41. The first kappa shape index (κ1) is 14.2. The third kappa shape index (κ3) is 4.14. The van der Waals surface area contributed by atoms with Gasteiger partial charge in [0, 0.05) is 17.6 Å². The van der Waals surface area contributed by atoms with Crippen LogP contribution in [-0.4, -0.2) is 41.4 Å². The molecule has 1 saturated heterocycles. The van der Waals surface area contributed by atoms with Gasteiger partial charge in [-0.2, -0.15) is 11.8 Å². The summed E-state index contributed by atoms with van der Waals surface area (Å²) in [5, 5.41) is 9.43. The van der Waals surface area contributed by atoms with Crippen molar-refractivity contribution in [3.8, 4) is 5.75 Å². The van der Waals surface area contributed by atoms with E-state index in [2.05, 4.69) is 6.92 Å². The largest absolute Gasteiger partial charge is 0.493 e. The predicted molar refractivity (Wildman–Crippen MR) is 75.2 cm³/mol. The van der Waals surface area contributed by atoms with Crippen molar-refractivity contribution in [3.05, 3.63) is 29.8 Å². The molecule has 0 aliphatic carbocycles. The zero-order chi connectivity index (χ0) is 13.7. The number of benzene rings is 1. The molecule has 0 bridgehead atoms. The fourth-order valence-electron chi connectivity index (χ4n) is 2.01. The Morgan fingerprint density at radius 3 is 3.11 bits per heavy atom. The summed E-state index contributed by atoms with van der Waals surface area (Å²) in [5.74, 6) is 0.559. The van der Waals surface area contributed by atoms with Gasteiger partial charge in [-0.1, -0.05) is 6.07 Å². The van der Waals surface area contributed by atoms with E-state index in [-0.39, 0.29) is 5.56 Å². The highest BCUT2D eigenvalue weighted by molar-refractivity contribution is 8.00. The van der Waals surface area contributed by atoms with Crippen molar-refractivity contribution in [1.82, 2.24) is 0 Å². The Balaban J connectivity index is 1.73. The van der Waals surface area contributed by atoms with E-state index in [9.17, 15) is 4.79 Å². The molecule has 1 aliphatic heterocycles. The summed E-state index contributed by atoms with van der Waals surface area (Å²) >= 11 is 1.86. The molecule has 1 aliphatic rings. The fraction of sp³-hybridized carbons (Fsp3) is 0.500. The standard InChI is InChI=1S/C14H18O4S/c1-10-13(5-6-17-10)19-8-7-18-12-4-2-3-11(9-12)14(15)16/h2-4,9-10,13H,5-8H2,1H3,(H,15,16). The van der Waals surface area contributed by atoms with Crippen LogP contribution in [0.15, 0.2) is 24.3 Å². The van der Waals surface area contributed by atoms with Gasteiger partial charge in [0.15, 0.2) is 0 Å². The minimum atomic E-state index is -0.934. The Labute approximate surface area is 117 Å². The number of carbonyl (C=O) groups is 1. The van der Waals surface area contributed by atoms with E-state index in [1.807, 2.05) is 11.8 Å². The van der Waals surface area contributed by atoms with E-state index in [0.717, 1.165) is 18.8 Å². The van der Waals surface area contributed by atoms with Crippen molar-refractivity contribution >= 4 is 17.7 Å². The number of carboxylic acids is 1.